The van der Waals surface area contributed by atoms with Gasteiger partial charge in [0, 0.05) is 11.0 Å². The van der Waals surface area contributed by atoms with Gasteiger partial charge in [-0.2, -0.15) is 0 Å². The van der Waals surface area contributed by atoms with Gasteiger partial charge in [-0.25, -0.2) is 13.4 Å². The van der Waals surface area contributed by atoms with Gasteiger partial charge in [-0.1, -0.05) is 35.7 Å². The largest absolute Gasteiger partial charge is 0.384 e. The van der Waals surface area contributed by atoms with Crippen LogP contribution in [0, 0.1) is 0 Å². The summed E-state index contributed by atoms with van der Waals surface area (Å²) in [4.78, 5) is 4.34. The van der Waals surface area contributed by atoms with E-state index in [1.165, 1.54) is 25.0 Å². The Hall–Kier alpha value is -1.60. The standard InChI is InChI=1S/C16H20BrN3O2S/c1-2-3-4-11-18-14-7-10-16(19-12-14)20-23(21,22)15-8-5-13(17)6-9-15/h5-10,12,18H,2-4,11H2,1H3,(H,19,20). The summed E-state index contributed by atoms with van der Waals surface area (Å²) >= 11 is 3.28. The van der Waals surface area contributed by atoms with Crippen LogP contribution in [0.4, 0.5) is 11.5 Å². The molecule has 0 saturated carbocycles. The average molecular weight is 398 g/mol. The van der Waals surface area contributed by atoms with Crippen LogP contribution in [0.5, 0.6) is 0 Å². The SMILES string of the molecule is CCCCCNc1ccc(NS(=O)(=O)c2ccc(Br)cc2)nc1. The van der Waals surface area contributed by atoms with E-state index < -0.39 is 10.0 Å². The minimum absolute atomic E-state index is 0.198. The number of nitrogens with one attached hydrogen (secondary N) is 2. The van der Waals surface area contributed by atoms with Crippen molar-refractivity contribution in [3.8, 4) is 0 Å². The molecular weight excluding hydrogens is 378 g/mol. The van der Waals surface area contributed by atoms with Gasteiger partial charge in [-0.05, 0) is 42.8 Å². The molecule has 0 spiro atoms. The van der Waals surface area contributed by atoms with Crippen molar-refractivity contribution in [1.29, 1.82) is 0 Å². The fraction of sp³-hybridized carbons (Fsp3) is 0.312. The van der Waals surface area contributed by atoms with E-state index >= 15 is 0 Å². The van der Waals surface area contributed by atoms with Gasteiger partial charge >= 0.3 is 0 Å². The number of unbranched alkanes of at least 4 members (excludes halogenated alkanes) is 2. The highest BCUT2D eigenvalue weighted by atomic mass is 79.9. The Morgan fingerprint density at radius 3 is 2.43 bits per heavy atom. The molecule has 23 heavy (non-hydrogen) atoms. The van der Waals surface area contributed by atoms with Crippen molar-refractivity contribution in [3.05, 3.63) is 47.1 Å². The van der Waals surface area contributed by atoms with Gasteiger partial charge in [0.2, 0.25) is 0 Å². The molecule has 2 N–H and O–H groups in total. The van der Waals surface area contributed by atoms with E-state index in [1.54, 1.807) is 24.4 Å². The number of rotatable bonds is 8. The summed E-state index contributed by atoms with van der Waals surface area (Å²) in [7, 11) is -3.62. The van der Waals surface area contributed by atoms with E-state index in [-0.39, 0.29) is 4.90 Å². The molecule has 0 saturated heterocycles. The Balaban J connectivity index is 1.98. The third-order valence-corrected chi connectivity index (χ3v) is 5.14. The van der Waals surface area contributed by atoms with Crippen LogP contribution in [0.15, 0.2) is 52.0 Å². The highest BCUT2D eigenvalue weighted by Crippen LogP contribution is 2.18. The molecule has 0 aliphatic rings. The van der Waals surface area contributed by atoms with Crippen molar-refractivity contribution in [2.45, 2.75) is 31.1 Å². The lowest BCUT2D eigenvalue weighted by Gasteiger charge is -2.09. The number of benzene rings is 1. The minimum Gasteiger partial charge on any atom is -0.384 e. The van der Waals surface area contributed by atoms with Gasteiger partial charge in [0.25, 0.3) is 10.0 Å². The maximum atomic E-state index is 12.3. The van der Waals surface area contributed by atoms with Gasteiger partial charge in [-0.15, -0.1) is 0 Å². The molecule has 0 aliphatic carbocycles. The maximum Gasteiger partial charge on any atom is 0.263 e. The summed E-state index contributed by atoms with van der Waals surface area (Å²) < 4.78 is 27.8. The van der Waals surface area contributed by atoms with Crippen LogP contribution in [0.1, 0.15) is 26.2 Å². The molecular formula is C16H20BrN3O2S. The molecule has 0 fully saturated rings. The second-order valence-electron chi connectivity index (χ2n) is 5.13. The van der Waals surface area contributed by atoms with E-state index in [2.05, 4.69) is 37.9 Å². The molecule has 124 valence electrons. The zero-order chi connectivity index (χ0) is 16.7. The molecule has 0 unspecified atom stereocenters. The smallest absolute Gasteiger partial charge is 0.263 e. The van der Waals surface area contributed by atoms with Crippen LogP contribution >= 0.6 is 15.9 Å². The van der Waals surface area contributed by atoms with E-state index in [9.17, 15) is 8.42 Å². The first kappa shape index (κ1) is 17.7. The molecule has 0 atom stereocenters. The zero-order valence-electron chi connectivity index (χ0n) is 12.9. The molecule has 1 heterocycles. The number of halogens is 1. The number of sulfonamides is 1. The Kier molecular flexibility index (Phi) is 6.41. The highest BCUT2D eigenvalue weighted by molar-refractivity contribution is 9.10. The Morgan fingerprint density at radius 2 is 1.83 bits per heavy atom. The fourth-order valence-corrected chi connectivity index (χ4v) is 3.25. The molecule has 5 nitrogen and oxygen atoms in total. The number of aromatic nitrogens is 1. The third-order valence-electron chi connectivity index (χ3n) is 3.24. The Morgan fingerprint density at radius 1 is 1.09 bits per heavy atom. The molecule has 0 radical (unpaired) electrons. The first-order valence-corrected chi connectivity index (χ1v) is 9.77. The normalized spacial score (nSPS) is 11.2. The second kappa shape index (κ2) is 8.31. The summed E-state index contributed by atoms with van der Waals surface area (Å²) in [5.74, 6) is 0.298. The van der Waals surface area contributed by atoms with Crippen LogP contribution in [-0.2, 0) is 10.0 Å². The van der Waals surface area contributed by atoms with Crippen LogP contribution in [0.2, 0.25) is 0 Å². The number of hydrogen-bond acceptors (Lipinski definition) is 4. The quantitative estimate of drug-likeness (QED) is 0.653. The van der Waals surface area contributed by atoms with Crippen LogP contribution in [0.25, 0.3) is 0 Å². The summed E-state index contributed by atoms with van der Waals surface area (Å²) in [6.07, 6.45) is 5.10. The Labute approximate surface area is 145 Å². The molecule has 0 amide bonds. The molecule has 7 heteroatoms. The predicted octanol–water partition coefficient (Wildman–Crippen LogP) is 4.25. The van der Waals surface area contributed by atoms with E-state index in [0.29, 0.717) is 5.82 Å². The molecule has 1 aromatic heterocycles. The second-order valence-corrected chi connectivity index (χ2v) is 7.72. The summed E-state index contributed by atoms with van der Waals surface area (Å²) in [5, 5.41) is 3.26. The van der Waals surface area contributed by atoms with Crippen LogP contribution in [0.3, 0.4) is 0 Å². The maximum absolute atomic E-state index is 12.3. The van der Waals surface area contributed by atoms with Crippen LogP contribution < -0.4 is 10.0 Å². The minimum atomic E-state index is -3.62. The summed E-state index contributed by atoms with van der Waals surface area (Å²) in [5.41, 5.74) is 0.882. The van der Waals surface area contributed by atoms with Gasteiger partial charge in [0.1, 0.15) is 5.82 Å². The van der Waals surface area contributed by atoms with E-state index in [4.69, 9.17) is 0 Å². The lowest BCUT2D eigenvalue weighted by molar-refractivity contribution is 0.601. The van der Waals surface area contributed by atoms with Gasteiger partial charge in [0.15, 0.2) is 0 Å². The first-order chi connectivity index (χ1) is 11.0. The summed E-state index contributed by atoms with van der Waals surface area (Å²) in [6, 6.07) is 9.92. The fourth-order valence-electron chi connectivity index (χ4n) is 1.98. The number of pyridine rings is 1. The molecule has 1 aromatic carbocycles. The highest BCUT2D eigenvalue weighted by Gasteiger charge is 2.14. The number of anilines is 2. The average Bonchev–Trinajstić information content (AvgIpc) is 2.53. The predicted molar refractivity (Wildman–Crippen MR) is 97.2 cm³/mol. The third kappa shape index (κ3) is 5.51. The number of hydrogen-bond donors (Lipinski definition) is 2. The summed E-state index contributed by atoms with van der Waals surface area (Å²) in [6.45, 7) is 3.05. The molecule has 2 aromatic rings. The molecule has 0 bridgehead atoms. The topological polar surface area (TPSA) is 71.1 Å². The van der Waals surface area contributed by atoms with Gasteiger partial charge < -0.3 is 5.32 Å². The monoisotopic (exact) mass is 397 g/mol. The van der Waals surface area contributed by atoms with Crippen molar-refractivity contribution in [1.82, 2.24) is 4.98 Å². The molecule has 0 aliphatic heterocycles. The van der Waals surface area contributed by atoms with E-state index in [0.717, 1.165) is 23.1 Å². The lowest BCUT2D eigenvalue weighted by Crippen LogP contribution is -2.14. The van der Waals surface area contributed by atoms with Gasteiger partial charge in [0.05, 0.1) is 16.8 Å². The van der Waals surface area contributed by atoms with Crippen molar-refractivity contribution >= 4 is 37.5 Å². The van der Waals surface area contributed by atoms with Crippen molar-refractivity contribution in [2.24, 2.45) is 0 Å². The molecule has 2 rings (SSSR count). The van der Waals surface area contributed by atoms with Crippen molar-refractivity contribution < 1.29 is 8.42 Å². The lowest BCUT2D eigenvalue weighted by atomic mass is 10.2. The van der Waals surface area contributed by atoms with E-state index in [1.807, 2.05) is 6.07 Å². The van der Waals surface area contributed by atoms with Crippen molar-refractivity contribution in [2.75, 3.05) is 16.6 Å². The van der Waals surface area contributed by atoms with Gasteiger partial charge in [-0.3, -0.25) is 4.72 Å². The first-order valence-electron chi connectivity index (χ1n) is 7.49. The van der Waals surface area contributed by atoms with Crippen molar-refractivity contribution in [3.63, 3.8) is 0 Å². The number of nitrogens with zero attached hydrogens (tertiary/aromatic N) is 1. The Bertz CT molecular complexity index is 716. The zero-order valence-corrected chi connectivity index (χ0v) is 15.3. The van der Waals surface area contributed by atoms with Crippen LogP contribution in [-0.4, -0.2) is 19.9 Å².